The molecule has 0 bridgehead atoms. The van der Waals surface area contributed by atoms with Crippen LogP contribution in [0.1, 0.15) is 38.5 Å². The third kappa shape index (κ3) is 5.16. The molecule has 2 rings (SSSR count). The minimum Gasteiger partial charge on any atom is -0.373 e. The Balaban J connectivity index is 2.31. The molecule has 2 heterocycles. The normalized spacial score (nSPS) is 15.9. The lowest BCUT2D eigenvalue weighted by Gasteiger charge is -2.13. The summed E-state index contributed by atoms with van der Waals surface area (Å²) in [6, 6.07) is 0. The number of rotatable bonds is 12. The van der Waals surface area contributed by atoms with E-state index in [1.165, 1.54) is 13.7 Å². The molecule has 0 aromatic carbocycles. The van der Waals surface area contributed by atoms with Crippen molar-refractivity contribution in [2.45, 2.75) is 64.3 Å². The fraction of sp³-hybridized carbons (Fsp3) is 0.611. The molecule has 1 saturated heterocycles. The second-order valence-electron chi connectivity index (χ2n) is 6.26. The van der Waals surface area contributed by atoms with Crippen molar-refractivity contribution in [3.05, 3.63) is 56.8 Å². The number of unbranched alkanes of at least 4 members (excludes halogenated alkanes) is 2. The number of ether oxygens (including phenoxy) is 1. The van der Waals surface area contributed by atoms with Gasteiger partial charge in [0.05, 0.1) is 12.7 Å². The van der Waals surface area contributed by atoms with E-state index in [9.17, 15) is 14.4 Å². The maximum absolute atomic E-state index is 12.6. The summed E-state index contributed by atoms with van der Waals surface area (Å²) in [6.07, 6.45) is 7.94. The summed E-state index contributed by atoms with van der Waals surface area (Å²) >= 11 is 0. The molecule has 7 nitrogen and oxygen atoms in total. The van der Waals surface area contributed by atoms with Crippen molar-refractivity contribution >= 4 is 0 Å². The van der Waals surface area contributed by atoms with Crippen molar-refractivity contribution < 1.29 is 4.74 Å². The fourth-order valence-corrected chi connectivity index (χ4v) is 2.76. The molecule has 1 unspecified atom stereocenters. The average Bonchev–Trinajstić information content (AvgIpc) is 3.41. The SMILES string of the molecule is C=CCCCn1c(=O)n(CCCC=C)c(=O)n(CCCC2CO2)c1=O. The highest BCUT2D eigenvalue weighted by molar-refractivity contribution is 4.81. The zero-order valence-corrected chi connectivity index (χ0v) is 14.7. The highest BCUT2D eigenvalue weighted by Crippen LogP contribution is 2.15. The van der Waals surface area contributed by atoms with E-state index in [1.54, 1.807) is 12.2 Å². The molecule has 1 aromatic heterocycles. The van der Waals surface area contributed by atoms with E-state index in [4.69, 9.17) is 4.74 Å². The topological polar surface area (TPSA) is 78.5 Å². The smallest absolute Gasteiger partial charge is 0.336 e. The predicted octanol–water partition coefficient (Wildman–Crippen LogP) is 1.28. The summed E-state index contributed by atoms with van der Waals surface area (Å²) in [5, 5.41) is 0. The summed E-state index contributed by atoms with van der Waals surface area (Å²) in [6.45, 7) is 8.94. The molecular weight excluding hydrogens is 322 g/mol. The van der Waals surface area contributed by atoms with E-state index in [1.807, 2.05) is 0 Å². The lowest BCUT2D eigenvalue weighted by molar-refractivity contribution is 0.375. The lowest BCUT2D eigenvalue weighted by Crippen LogP contribution is -2.54. The van der Waals surface area contributed by atoms with Crippen LogP contribution in [0.5, 0.6) is 0 Å². The number of allylic oxidation sites excluding steroid dienone is 2. The minimum absolute atomic E-state index is 0.254. The molecule has 0 radical (unpaired) electrons. The van der Waals surface area contributed by atoms with E-state index in [0.29, 0.717) is 38.6 Å². The number of nitrogens with zero attached hydrogens (tertiary/aromatic N) is 3. The molecular formula is C18H27N3O4. The summed E-state index contributed by atoms with van der Waals surface area (Å²) in [5.41, 5.74) is -1.56. The molecule has 1 atom stereocenters. The van der Waals surface area contributed by atoms with Gasteiger partial charge in [-0.1, -0.05) is 12.2 Å². The first-order valence-corrected chi connectivity index (χ1v) is 8.88. The Morgan fingerprint density at radius 1 is 0.840 bits per heavy atom. The van der Waals surface area contributed by atoms with Crippen LogP contribution >= 0.6 is 0 Å². The van der Waals surface area contributed by atoms with Crippen molar-refractivity contribution in [2.24, 2.45) is 0 Å². The first-order valence-electron chi connectivity index (χ1n) is 8.88. The van der Waals surface area contributed by atoms with Gasteiger partial charge in [0.15, 0.2) is 0 Å². The van der Waals surface area contributed by atoms with Crippen molar-refractivity contribution in [3.63, 3.8) is 0 Å². The third-order valence-electron chi connectivity index (χ3n) is 4.28. The summed E-state index contributed by atoms with van der Waals surface area (Å²) in [5.74, 6) is 0. The second-order valence-corrected chi connectivity index (χ2v) is 6.26. The van der Waals surface area contributed by atoms with E-state index in [-0.39, 0.29) is 19.2 Å². The van der Waals surface area contributed by atoms with Crippen molar-refractivity contribution in [1.29, 1.82) is 0 Å². The van der Waals surface area contributed by atoms with Gasteiger partial charge in [-0.25, -0.2) is 28.1 Å². The van der Waals surface area contributed by atoms with Crippen LogP contribution < -0.4 is 17.1 Å². The molecule has 7 heteroatoms. The predicted molar refractivity (Wildman–Crippen MR) is 97.1 cm³/mol. The van der Waals surface area contributed by atoms with Crippen LogP contribution in [0.4, 0.5) is 0 Å². The molecule has 1 aliphatic heterocycles. The van der Waals surface area contributed by atoms with E-state index >= 15 is 0 Å². The van der Waals surface area contributed by atoms with Crippen LogP contribution in [-0.4, -0.2) is 26.4 Å². The molecule has 138 valence electrons. The third-order valence-corrected chi connectivity index (χ3v) is 4.28. The average molecular weight is 349 g/mol. The largest absolute Gasteiger partial charge is 0.373 e. The first-order chi connectivity index (χ1) is 12.1. The Labute approximate surface area is 146 Å². The highest BCUT2D eigenvalue weighted by Gasteiger charge is 2.22. The standard InChI is InChI=1S/C18H27N3O4/c1-3-5-7-11-19-16(22)20(12-8-6-4-2)18(24)21(17(19)23)13-9-10-15-14-25-15/h3-4,15H,1-2,5-14H2. The lowest BCUT2D eigenvalue weighted by atomic mass is 10.2. The second kappa shape index (κ2) is 9.36. The van der Waals surface area contributed by atoms with Gasteiger partial charge in [-0.05, 0) is 38.5 Å². The molecule has 0 saturated carbocycles. The van der Waals surface area contributed by atoms with Crippen molar-refractivity contribution in [3.8, 4) is 0 Å². The number of hydrogen-bond acceptors (Lipinski definition) is 4. The van der Waals surface area contributed by atoms with Crippen molar-refractivity contribution in [2.75, 3.05) is 6.61 Å². The molecule has 0 amide bonds. The molecule has 0 N–H and O–H groups in total. The quantitative estimate of drug-likeness (QED) is 0.323. The van der Waals surface area contributed by atoms with Gasteiger partial charge >= 0.3 is 17.1 Å². The van der Waals surface area contributed by atoms with E-state index in [0.717, 1.165) is 13.0 Å². The van der Waals surface area contributed by atoms with E-state index < -0.39 is 17.1 Å². The highest BCUT2D eigenvalue weighted by atomic mass is 16.6. The van der Waals surface area contributed by atoms with Gasteiger partial charge in [0.2, 0.25) is 0 Å². The molecule has 0 spiro atoms. The van der Waals surface area contributed by atoms with Crippen LogP contribution in [0.2, 0.25) is 0 Å². The monoisotopic (exact) mass is 349 g/mol. The Hall–Kier alpha value is -2.15. The summed E-state index contributed by atoms with van der Waals surface area (Å²) in [7, 11) is 0. The zero-order chi connectivity index (χ0) is 18.2. The van der Waals surface area contributed by atoms with Gasteiger partial charge in [0.1, 0.15) is 0 Å². The van der Waals surface area contributed by atoms with Crippen LogP contribution in [-0.2, 0) is 24.4 Å². The fourth-order valence-electron chi connectivity index (χ4n) is 2.76. The maximum Gasteiger partial charge on any atom is 0.336 e. The Bertz CT molecular complexity index is 716. The Kier molecular flexibility index (Phi) is 7.18. The summed E-state index contributed by atoms with van der Waals surface area (Å²) in [4.78, 5) is 37.8. The van der Waals surface area contributed by atoms with Crippen molar-refractivity contribution in [1.82, 2.24) is 13.7 Å². The van der Waals surface area contributed by atoms with Gasteiger partial charge in [-0.15, -0.1) is 13.2 Å². The zero-order valence-electron chi connectivity index (χ0n) is 14.7. The van der Waals surface area contributed by atoms with Gasteiger partial charge in [-0.3, -0.25) is 0 Å². The summed E-state index contributed by atoms with van der Waals surface area (Å²) < 4.78 is 8.69. The van der Waals surface area contributed by atoms with Gasteiger partial charge in [0, 0.05) is 19.6 Å². The molecule has 1 aliphatic rings. The number of epoxide rings is 1. The molecule has 1 aromatic rings. The van der Waals surface area contributed by atoms with E-state index in [2.05, 4.69) is 13.2 Å². The van der Waals surface area contributed by atoms with Gasteiger partial charge in [-0.2, -0.15) is 0 Å². The minimum atomic E-state index is -0.523. The van der Waals surface area contributed by atoms with Crippen LogP contribution in [0.3, 0.4) is 0 Å². The van der Waals surface area contributed by atoms with Gasteiger partial charge in [0.25, 0.3) is 0 Å². The van der Waals surface area contributed by atoms with Gasteiger partial charge < -0.3 is 4.74 Å². The molecule has 25 heavy (non-hydrogen) atoms. The number of aromatic nitrogens is 3. The maximum atomic E-state index is 12.6. The molecule has 1 fully saturated rings. The van der Waals surface area contributed by atoms with Crippen LogP contribution in [0.15, 0.2) is 39.7 Å². The van der Waals surface area contributed by atoms with Crippen LogP contribution in [0.25, 0.3) is 0 Å². The van der Waals surface area contributed by atoms with Crippen LogP contribution in [0, 0.1) is 0 Å². The first kappa shape index (κ1) is 19.2. The number of hydrogen-bond donors (Lipinski definition) is 0. The Morgan fingerprint density at radius 2 is 1.24 bits per heavy atom. The molecule has 0 aliphatic carbocycles. The Morgan fingerprint density at radius 3 is 1.60 bits per heavy atom.